The molecule has 0 spiro atoms. The first-order chi connectivity index (χ1) is 7.18. The highest BCUT2D eigenvalue weighted by Gasteiger charge is 2.07. The van der Waals surface area contributed by atoms with Crippen molar-refractivity contribution in [3.63, 3.8) is 0 Å². The monoisotopic (exact) mass is 203 g/mol. The lowest BCUT2D eigenvalue weighted by molar-refractivity contribution is 0.585. The van der Waals surface area contributed by atoms with Gasteiger partial charge >= 0.3 is 0 Å². The predicted octanol–water partition coefficient (Wildman–Crippen LogP) is 3.74. The molecule has 0 nitrogen and oxygen atoms in total. The highest BCUT2D eigenvalue weighted by molar-refractivity contribution is 5.66. The van der Waals surface area contributed by atoms with Crippen LogP contribution in [-0.4, -0.2) is 0 Å². The Morgan fingerprint density at radius 1 is 1.13 bits per heavy atom. The van der Waals surface area contributed by atoms with E-state index in [0.717, 1.165) is 11.6 Å². The average Bonchev–Trinajstić information content (AvgIpc) is 2.20. The Kier molecular flexibility index (Phi) is 2.50. The molecule has 2 heteroatoms. The van der Waals surface area contributed by atoms with Gasteiger partial charge in [-0.25, -0.2) is 8.78 Å². The third-order valence-electron chi connectivity index (χ3n) is 2.26. The number of rotatable bonds is 1. The zero-order valence-corrected chi connectivity index (χ0v) is 8.22. The van der Waals surface area contributed by atoms with E-state index in [1.54, 1.807) is 6.07 Å². The van der Waals surface area contributed by atoms with Gasteiger partial charge in [0, 0.05) is 11.6 Å². The molecule has 75 valence electrons. The fourth-order valence-corrected chi connectivity index (χ4v) is 1.50. The Morgan fingerprint density at radius 2 is 1.93 bits per heavy atom. The van der Waals surface area contributed by atoms with Crippen LogP contribution in [0.5, 0.6) is 0 Å². The summed E-state index contributed by atoms with van der Waals surface area (Å²) in [7, 11) is 0. The van der Waals surface area contributed by atoms with Crippen molar-refractivity contribution in [2.75, 3.05) is 0 Å². The smallest absolute Gasteiger partial charge is 0.133 e. The van der Waals surface area contributed by atoms with Crippen LogP contribution >= 0.6 is 0 Å². The molecule has 0 saturated heterocycles. The molecule has 0 aliphatic rings. The lowest BCUT2D eigenvalue weighted by Crippen LogP contribution is -1.88. The van der Waals surface area contributed by atoms with Crippen LogP contribution in [0.25, 0.3) is 11.1 Å². The van der Waals surface area contributed by atoms with E-state index in [4.69, 9.17) is 0 Å². The van der Waals surface area contributed by atoms with Gasteiger partial charge < -0.3 is 0 Å². The summed E-state index contributed by atoms with van der Waals surface area (Å²) in [5.74, 6) is -1.12. The maximum atomic E-state index is 13.5. The number of hydrogen-bond donors (Lipinski definition) is 0. The molecule has 0 N–H and O–H groups in total. The minimum atomic E-state index is -0.565. The minimum Gasteiger partial charge on any atom is -0.207 e. The van der Waals surface area contributed by atoms with Gasteiger partial charge in [0.15, 0.2) is 0 Å². The molecule has 0 heterocycles. The van der Waals surface area contributed by atoms with Crippen LogP contribution < -0.4 is 0 Å². The van der Waals surface area contributed by atoms with E-state index in [9.17, 15) is 8.78 Å². The summed E-state index contributed by atoms with van der Waals surface area (Å²) in [5, 5.41) is 0. The molecule has 1 radical (unpaired) electrons. The molecule has 0 bridgehead atoms. The minimum absolute atomic E-state index is 0.384. The number of hydrogen-bond acceptors (Lipinski definition) is 0. The van der Waals surface area contributed by atoms with Gasteiger partial charge in [-0.3, -0.25) is 0 Å². The van der Waals surface area contributed by atoms with E-state index in [1.165, 1.54) is 12.1 Å². The van der Waals surface area contributed by atoms with Crippen molar-refractivity contribution in [1.82, 2.24) is 0 Å². The van der Waals surface area contributed by atoms with Crippen molar-refractivity contribution in [3.05, 3.63) is 59.7 Å². The topological polar surface area (TPSA) is 0 Å². The molecule has 0 aromatic heterocycles. The number of benzene rings is 2. The lowest BCUT2D eigenvalue weighted by atomic mass is 10.0. The van der Waals surface area contributed by atoms with Gasteiger partial charge in [-0.1, -0.05) is 18.2 Å². The van der Waals surface area contributed by atoms with Crippen LogP contribution in [0.4, 0.5) is 8.78 Å². The summed E-state index contributed by atoms with van der Waals surface area (Å²) < 4.78 is 26.2. The van der Waals surface area contributed by atoms with E-state index in [0.29, 0.717) is 11.1 Å². The zero-order valence-electron chi connectivity index (χ0n) is 8.22. The molecule has 0 amide bonds. The molecular formula is C13H9F2. The second-order valence-electron chi connectivity index (χ2n) is 3.35. The van der Waals surface area contributed by atoms with Crippen molar-refractivity contribution in [2.24, 2.45) is 0 Å². The maximum absolute atomic E-state index is 13.5. The van der Waals surface area contributed by atoms with Gasteiger partial charge in [-0.15, -0.1) is 0 Å². The van der Waals surface area contributed by atoms with E-state index in [1.807, 2.05) is 19.1 Å². The second kappa shape index (κ2) is 3.81. The first-order valence-electron chi connectivity index (χ1n) is 4.61. The lowest BCUT2D eigenvalue weighted by Gasteiger charge is -2.06. The van der Waals surface area contributed by atoms with Crippen molar-refractivity contribution >= 4 is 0 Å². The molecule has 0 aliphatic heterocycles. The first-order valence-corrected chi connectivity index (χ1v) is 4.61. The van der Waals surface area contributed by atoms with Gasteiger partial charge in [-0.2, -0.15) is 0 Å². The van der Waals surface area contributed by atoms with Crippen LogP contribution in [0, 0.1) is 24.6 Å². The standard InChI is InChI=1S/C13H9F2/c1-9-4-2-3-5-11(9)12-7-6-10(14)8-13(12)15/h2-4,6-8H,1H3. The molecule has 2 rings (SSSR count). The predicted molar refractivity (Wildman–Crippen MR) is 55.4 cm³/mol. The molecule has 2 aromatic carbocycles. The van der Waals surface area contributed by atoms with Gasteiger partial charge in [0.2, 0.25) is 0 Å². The molecule has 0 fully saturated rings. The van der Waals surface area contributed by atoms with Crippen LogP contribution in [0.3, 0.4) is 0 Å². The third-order valence-corrected chi connectivity index (χ3v) is 2.26. The Balaban J connectivity index is 2.60. The second-order valence-corrected chi connectivity index (χ2v) is 3.35. The van der Waals surface area contributed by atoms with E-state index >= 15 is 0 Å². The highest BCUT2D eigenvalue weighted by atomic mass is 19.1. The Hall–Kier alpha value is -1.70. The summed E-state index contributed by atoms with van der Waals surface area (Å²) in [6, 6.07) is 11.9. The molecule has 15 heavy (non-hydrogen) atoms. The van der Waals surface area contributed by atoms with E-state index in [-0.39, 0.29) is 0 Å². The summed E-state index contributed by atoms with van der Waals surface area (Å²) in [4.78, 5) is 0. The SMILES string of the molecule is Cc1ccc[c]c1-c1ccc(F)cc1F. The normalized spacial score (nSPS) is 10.3. The third kappa shape index (κ3) is 1.89. The van der Waals surface area contributed by atoms with Crippen LogP contribution in [0.15, 0.2) is 36.4 Å². The molecular weight excluding hydrogens is 194 g/mol. The Labute approximate surface area is 87.2 Å². The van der Waals surface area contributed by atoms with Crippen LogP contribution in [0.1, 0.15) is 5.56 Å². The van der Waals surface area contributed by atoms with Gasteiger partial charge in [-0.05, 0) is 36.2 Å². The molecule has 2 aromatic rings. The summed E-state index contributed by atoms with van der Waals surface area (Å²) in [5.41, 5.74) is 1.98. The number of halogens is 2. The molecule has 0 unspecified atom stereocenters. The fraction of sp³-hybridized carbons (Fsp3) is 0.0769. The summed E-state index contributed by atoms with van der Waals surface area (Å²) in [6.45, 7) is 1.87. The van der Waals surface area contributed by atoms with Crippen molar-refractivity contribution < 1.29 is 8.78 Å². The zero-order chi connectivity index (χ0) is 10.8. The van der Waals surface area contributed by atoms with Gasteiger partial charge in [0.25, 0.3) is 0 Å². The van der Waals surface area contributed by atoms with Crippen LogP contribution in [-0.2, 0) is 0 Å². The van der Waals surface area contributed by atoms with Crippen molar-refractivity contribution in [2.45, 2.75) is 6.92 Å². The van der Waals surface area contributed by atoms with E-state index in [2.05, 4.69) is 6.07 Å². The average molecular weight is 203 g/mol. The summed E-state index contributed by atoms with van der Waals surface area (Å²) in [6.07, 6.45) is 0. The summed E-state index contributed by atoms with van der Waals surface area (Å²) >= 11 is 0. The van der Waals surface area contributed by atoms with Crippen molar-refractivity contribution in [3.8, 4) is 11.1 Å². The maximum Gasteiger partial charge on any atom is 0.133 e. The van der Waals surface area contributed by atoms with E-state index < -0.39 is 11.6 Å². The molecule has 0 atom stereocenters. The largest absolute Gasteiger partial charge is 0.207 e. The van der Waals surface area contributed by atoms with Gasteiger partial charge in [0.05, 0.1) is 0 Å². The molecule has 0 aliphatic carbocycles. The fourth-order valence-electron chi connectivity index (χ4n) is 1.50. The Morgan fingerprint density at radius 3 is 2.60 bits per heavy atom. The quantitative estimate of drug-likeness (QED) is 0.662. The van der Waals surface area contributed by atoms with Gasteiger partial charge in [0.1, 0.15) is 11.6 Å². The van der Waals surface area contributed by atoms with Crippen molar-refractivity contribution in [1.29, 1.82) is 0 Å². The molecule has 0 saturated carbocycles. The Bertz CT molecular complexity index is 490. The number of aryl methyl sites for hydroxylation is 1. The van der Waals surface area contributed by atoms with Crippen LogP contribution in [0.2, 0.25) is 0 Å². The first kappa shape index (κ1) is 9.84. The highest BCUT2D eigenvalue weighted by Crippen LogP contribution is 2.25.